The minimum absolute atomic E-state index is 1.08. The summed E-state index contributed by atoms with van der Waals surface area (Å²) in [6.45, 7) is 0. The van der Waals surface area contributed by atoms with E-state index >= 15 is 0 Å². The van der Waals surface area contributed by atoms with Gasteiger partial charge in [0.1, 0.15) is 0 Å². The van der Waals surface area contributed by atoms with Crippen molar-refractivity contribution in [3.05, 3.63) is 66.9 Å². The lowest BCUT2D eigenvalue weighted by Gasteiger charge is -2.04. The Balaban J connectivity index is 2.02. The molecule has 0 saturated heterocycles. The average molecular weight is 253 g/mol. The zero-order chi connectivity index (χ0) is 13.1. The van der Waals surface area contributed by atoms with Crippen LogP contribution in [0, 0.1) is 0 Å². The summed E-state index contributed by atoms with van der Waals surface area (Å²) in [7, 11) is 0. The Morgan fingerprint density at radius 2 is 1.30 bits per heavy atom. The molecule has 0 saturated carbocycles. The van der Waals surface area contributed by atoms with Crippen LogP contribution in [0.4, 0.5) is 0 Å². The molecule has 0 atom stereocenters. The smallest absolute Gasteiger partial charge is 0.0714 e. The van der Waals surface area contributed by atoms with Crippen LogP contribution in [0.2, 0.25) is 0 Å². The normalized spacial score (nSPS) is 12.0. The van der Waals surface area contributed by atoms with Crippen LogP contribution in [0.1, 0.15) is 0 Å². The van der Waals surface area contributed by atoms with Crippen molar-refractivity contribution in [3.63, 3.8) is 0 Å². The van der Waals surface area contributed by atoms with Gasteiger partial charge in [-0.25, -0.2) is 0 Å². The highest BCUT2D eigenvalue weighted by atomic mass is 14.6. The van der Waals surface area contributed by atoms with Crippen LogP contribution in [0.15, 0.2) is 66.9 Å². The van der Waals surface area contributed by atoms with Gasteiger partial charge in [-0.15, -0.1) is 0 Å². The maximum absolute atomic E-state index is 4.50. The van der Waals surface area contributed by atoms with E-state index in [1.807, 2.05) is 6.20 Å². The highest BCUT2D eigenvalue weighted by Gasteiger charge is 2.21. The van der Waals surface area contributed by atoms with Crippen LogP contribution >= 0.6 is 0 Å². The maximum Gasteiger partial charge on any atom is 0.0714 e. The Kier molecular flexibility index (Phi) is 1.75. The Bertz CT molecular complexity index is 922. The Morgan fingerprint density at radius 1 is 0.600 bits per heavy atom. The van der Waals surface area contributed by atoms with E-state index in [9.17, 15) is 0 Å². The second-order valence-corrected chi connectivity index (χ2v) is 5.30. The number of rotatable bonds is 0. The molecule has 3 aromatic carbocycles. The molecule has 1 aliphatic rings. The SMILES string of the molecule is c1ccc2cc3c(cc2c1)-c1cccc2nccc-3c12. The topological polar surface area (TPSA) is 12.9 Å². The molecule has 1 aliphatic carbocycles. The van der Waals surface area contributed by atoms with Gasteiger partial charge in [0.05, 0.1) is 5.52 Å². The van der Waals surface area contributed by atoms with E-state index in [4.69, 9.17) is 0 Å². The summed E-state index contributed by atoms with van der Waals surface area (Å²) in [5.41, 5.74) is 6.37. The summed E-state index contributed by atoms with van der Waals surface area (Å²) < 4.78 is 0. The third-order valence-corrected chi connectivity index (χ3v) is 4.23. The van der Waals surface area contributed by atoms with Gasteiger partial charge in [0.15, 0.2) is 0 Å². The Labute approximate surface area is 116 Å². The highest BCUT2D eigenvalue weighted by Crippen LogP contribution is 2.47. The number of hydrogen-bond donors (Lipinski definition) is 0. The van der Waals surface area contributed by atoms with Crippen LogP contribution in [0.25, 0.3) is 43.9 Å². The van der Waals surface area contributed by atoms with Crippen molar-refractivity contribution < 1.29 is 0 Å². The van der Waals surface area contributed by atoms with E-state index in [0.29, 0.717) is 0 Å². The molecule has 0 N–H and O–H groups in total. The molecule has 0 unspecified atom stereocenters. The molecule has 20 heavy (non-hydrogen) atoms. The number of nitrogens with zero attached hydrogens (tertiary/aromatic N) is 1. The van der Waals surface area contributed by atoms with Crippen LogP contribution in [-0.2, 0) is 0 Å². The van der Waals surface area contributed by atoms with Gasteiger partial charge >= 0.3 is 0 Å². The largest absolute Gasteiger partial charge is 0.256 e. The second kappa shape index (κ2) is 3.45. The van der Waals surface area contributed by atoms with Gasteiger partial charge in [-0.05, 0) is 57.3 Å². The van der Waals surface area contributed by atoms with Gasteiger partial charge in [0, 0.05) is 11.6 Å². The van der Waals surface area contributed by atoms with E-state index in [-0.39, 0.29) is 0 Å². The maximum atomic E-state index is 4.50. The molecular formula is C19H11N. The molecule has 1 nitrogen and oxygen atoms in total. The van der Waals surface area contributed by atoms with Gasteiger partial charge in [-0.2, -0.15) is 0 Å². The van der Waals surface area contributed by atoms with Gasteiger partial charge in [-0.1, -0.05) is 36.4 Å². The zero-order valence-electron chi connectivity index (χ0n) is 10.8. The molecule has 0 spiro atoms. The quantitative estimate of drug-likeness (QED) is 0.377. The first-order valence-electron chi connectivity index (χ1n) is 6.83. The van der Waals surface area contributed by atoms with Gasteiger partial charge in [0.25, 0.3) is 0 Å². The fourth-order valence-electron chi connectivity index (χ4n) is 3.34. The predicted molar refractivity (Wildman–Crippen MR) is 83.7 cm³/mol. The summed E-state index contributed by atoms with van der Waals surface area (Å²) in [5, 5.41) is 3.88. The lowest BCUT2D eigenvalue weighted by molar-refractivity contribution is 1.42. The van der Waals surface area contributed by atoms with Crippen molar-refractivity contribution in [2.24, 2.45) is 0 Å². The molecule has 4 aromatic rings. The summed E-state index contributed by atoms with van der Waals surface area (Å²) in [5.74, 6) is 0. The van der Waals surface area contributed by atoms with Crippen molar-refractivity contribution in [2.45, 2.75) is 0 Å². The molecule has 0 fully saturated rings. The summed E-state index contributed by atoms with van der Waals surface area (Å²) in [6, 6.07) is 21.7. The lowest BCUT2D eigenvalue weighted by Crippen LogP contribution is -1.79. The third kappa shape index (κ3) is 1.15. The first-order valence-corrected chi connectivity index (χ1v) is 6.83. The summed E-state index contributed by atoms with van der Waals surface area (Å²) in [4.78, 5) is 4.50. The predicted octanol–water partition coefficient (Wildman–Crippen LogP) is 5.04. The molecule has 5 rings (SSSR count). The van der Waals surface area contributed by atoms with Gasteiger partial charge in [0.2, 0.25) is 0 Å². The molecule has 0 radical (unpaired) electrons. The van der Waals surface area contributed by atoms with Crippen LogP contribution in [0.5, 0.6) is 0 Å². The van der Waals surface area contributed by atoms with E-state index < -0.39 is 0 Å². The molecule has 1 aromatic heterocycles. The number of benzene rings is 3. The number of fused-ring (bicyclic) bond motifs is 4. The molecule has 0 aliphatic heterocycles. The Hall–Kier alpha value is -2.67. The van der Waals surface area contributed by atoms with E-state index in [1.165, 1.54) is 38.4 Å². The molecule has 1 heteroatoms. The average Bonchev–Trinajstić information content (AvgIpc) is 2.82. The molecular weight excluding hydrogens is 242 g/mol. The first kappa shape index (κ1) is 10.2. The minimum Gasteiger partial charge on any atom is -0.256 e. The summed E-state index contributed by atoms with van der Waals surface area (Å²) >= 11 is 0. The van der Waals surface area contributed by atoms with Crippen LogP contribution in [0.3, 0.4) is 0 Å². The molecule has 0 bridgehead atoms. The second-order valence-electron chi connectivity index (χ2n) is 5.30. The fourth-order valence-corrected chi connectivity index (χ4v) is 3.34. The summed E-state index contributed by atoms with van der Waals surface area (Å²) in [6.07, 6.45) is 1.91. The fraction of sp³-hybridized carbons (Fsp3) is 0. The standard InChI is InChI=1S/C19H11N/c1-2-5-13-11-17-15-8-9-20-18-7-3-6-14(19(15)18)16(17)10-12(13)4-1/h1-11H. The highest BCUT2D eigenvalue weighted by molar-refractivity contribution is 6.16. The zero-order valence-corrected chi connectivity index (χ0v) is 10.8. The molecule has 1 heterocycles. The van der Waals surface area contributed by atoms with E-state index in [2.05, 4.69) is 65.6 Å². The number of aromatic nitrogens is 1. The van der Waals surface area contributed by atoms with Gasteiger partial charge < -0.3 is 0 Å². The van der Waals surface area contributed by atoms with Crippen LogP contribution in [-0.4, -0.2) is 4.98 Å². The van der Waals surface area contributed by atoms with Crippen molar-refractivity contribution >= 4 is 21.7 Å². The van der Waals surface area contributed by atoms with Crippen molar-refractivity contribution in [3.8, 4) is 22.3 Å². The first-order chi connectivity index (χ1) is 9.92. The Morgan fingerprint density at radius 3 is 2.05 bits per heavy atom. The van der Waals surface area contributed by atoms with Crippen LogP contribution < -0.4 is 0 Å². The van der Waals surface area contributed by atoms with E-state index in [1.54, 1.807) is 0 Å². The monoisotopic (exact) mass is 253 g/mol. The van der Waals surface area contributed by atoms with Crippen molar-refractivity contribution in [2.75, 3.05) is 0 Å². The number of pyridine rings is 1. The van der Waals surface area contributed by atoms with Crippen molar-refractivity contribution in [1.82, 2.24) is 4.98 Å². The molecule has 0 amide bonds. The number of hydrogen-bond acceptors (Lipinski definition) is 1. The van der Waals surface area contributed by atoms with Crippen molar-refractivity contribution in [1.29, 1.82) is 0 Å². The lowest BCUT2D eigenvalue weighted by atomic mass is 9.99. The van der Waals surface area contributed by atoms with Gasteiger partial charge in [-0.3, -0.25) is 4.98 Å². The van der Waals surface area contributed by atoms with E-state index in [0.717, 1.165) is 5.52 Å². The minimum atomic E-state index is 1.08. The molecule has 92 valence electrons. The third-order valence-electron chi connectivity index (χ3n) is 4.23.